The van der Waals surface area contributed by atoms with Crippen LogP contribution in [0, 0.1) is 0 Å². The smallest absolute Gasteiger partial charge is 0.139 e. The molecule has 2 aromatic rings. The summed E-state index contributed by atoms with van der Waals surface area (Å²) >= 11 is 14.9. The highest BCUT2D eigenvalue weighted by Gasteiger charge is 2.31. The molecule has 1 aliphatic heterocycles. The maximum Gasteiger partial charge on any atom is 0.139 e. The SMILES string of the molecule is Oc1c2c(c(O)c3c(Cl)csc13)SCC2Cl. The van der Waals surface area contributed by atoms with Crippen molar-refractivity contribution in [1.82, 2.24) is 0 Å². The monoisotopic (exact) mass is 292 g/mol. The summed E-state index contributed by atoms with van der Waals surface area (Å²) < 4.78 is 0.606. The van der Waals surface area contributed by atoms with Crippen LogP contribution in [0.15, 0.2) is 10.3 Å². The molecule has 2 N–H and O–H groups in total. The third-order valence-electron chi connectivity index (χ3n) is 2.60. The first-order chi connectivity index (χ1) is 7.61. The average Bonchev–Trinajstić information content (AvgIpc) is 2.80. The van der Waals surface area contributed by atoms with E-state index < -0.39 is 0 Å². The zero-order chi connectivity index (χ0) is 11.4. The van der Waals surface area contributed by atoms with E-state index >= 15 is 0 Å². The fourth-order valence-corrected chi connectivity index (χ4v) is 4.72. The van der Waals surface area contributed by atoms with Crippen LogP contribution in [0.25, 0.3) is 10.1 Å². The fourth-order valence-electron chi connectivity index (χ4n) is 1.88. The average molecular weight is 293 g/mol. The minimum Gasteiger partial charge on any atom is -0.506 e. The van der Waals surface area contributed by atoms with Crippen molar-refractivity contribution >= 4 is 56.4 Å². The van der Waals surface area contributed by atoms with Gasteiger partial charge in [0.05, 0.1) is 25.4 Å². The Morgan fingerprint density at radius 1 is 1.31 bits per heavy atom. The van der Waals surface area contributed by atoms with Gasteiger partial charge < -0.3 is 10.2 Å². The van der Waals surface area contributed by atoms with Crippen molar-refractivity contribution in [3.63, 3.8) is 0 Å². The Balaban J connectivity index is 2.50. The van der Waals surface area contributed by atoms with Crippen molar-refractivity contribution in [3.05, 3.63) is 16.0 Å². The number of phenolic OH excluding ortho intramolecular Hbond substituents is 2. The topological polar surface area (TPSA) is 40.5 Å². The highest BCUT2D eigenvalue weighted by atomic mass is 35.5. The Hall–Kier alpha value is -0.290. The van der Waals surface area contributed by atoms with Gasteiger partial charge in [0.2, 0.25) is 0 Å². The number of fused-ring (bicyclic) bond motifs is 2. The summed E-state index contributed by atoms with van der Waals surface area (Å²) in [6.07, 6.45) is 0. The molecule has 1 aliphatic rings. The van der Waals surface area contributed by atoms with E-state index in [2.05, 4.69) is 0 Å². The van der Waals surface area contributed by atoms with Crippen molar-refractivity contribution in [2.24, 2.45) is 0 Å². The first-order valence-electron chi connectivity index (χ1n) is 4.52. The van der Waals surface area contributed by atoms with Crippen LogP contribution < -0.4 is 0 Å². The lowest BCUT2D eigenvalue weighted by Gasteiger charge is -2.08. The maximum absolute atomic E-state index is 10.1. The highest BCUT2D eigenvalue weighted by molar-refractivity contribution is 7.99. The van der Waals surface area contributed by atoms with Crippen LogP contribution in [-0.2, 0) is 0 Å². The minimum absolute atomic E-state index is 0.141. The number of benzene rings is 1. The fraction of sp³-hybridized carbons (Fsp3) is 0.200. The maximum atomic E-state index is 10.1. The summed E-state index contributed by atoms with van der Waals surface area (Å²) in [5.74, 6) is 0.958. The standard InChI is InChI=1S/C10H6Cl2O2S2/c11-3-1-15-9-5(3)7(13)10-6(8(9)14)4(12)2-16-10/h1,4,13-14H,2H2. The molecule has 0 saturated heterocycles. The van der Waals surface area contributed by atoms with E-state index in [1.807, 2.05) is 0 Å². The summed E-state index contributed by atoms with van der Waals surface area (Å²) in [5, 5.41) is 22.7. The van der Waals surface area contributed by atoms with Crippen molar-refractivity contribution in [2.75, 3.05) is 5.75 Å². The number of aromatic hydroxyl groups is 2. The number of phenols is 2. The van der Waals surface area contributed by atoms with Crippen molar-refractivity contribution in [3.8, 4) is 11.5 Å². The Morgan fingerprint density at radius 2 is 2.06 bits per heavy atom. The molecule has 0 radical (unpaired) electrons. The number of thioether (sulfide) groups is 1. The lowest BCUT2D eigenvalue weighted by atomic mass is 10.1. The van der Waals surface area contributed by atoms with Crippen LogP contribution in [0.2, 0.25) is 5.02 Å². The first kappa shape index (κ1) is 10.8. The van der Waals surface area contributed by atoms with Crippen LogP contribution in [0.3, 0.4) is 0 Å². The predicted octanol–water partition coefficient (Wildman–Crippen LogP) is 4.35. The molecule has 0 saturated carbocycles. The largest absolute Gasteiger partial charge is 0.506 e. The number of alkyl halides is 1. The molecule has 0 bridgehead atoms. The summed E-state index contributed by atoms with van der Waals surface area (Å²) in [5.41, 5.74) is 0.634. The van der Waals surface area contributed by atoms with Crippen LogP contribution in [-0.4, -0.2) is 16.0 Å². The number of thiophene rings is 1. The molecule has 2 nitrogen and oxygen atoms in total. The third kappa shape index (κ3) is 1.27. The van der Waals surface area contributed by atoms with E-state index in [1.165, 1.54) is 23.1 Å². The molecule has 1 aromatic carbocycles. The Labute approximate surface area is 110 Å². The van der Waals surface area contributed by atoms with Crippen LogP contribution in [0.5, 0.6) is 11.5 Å². The van der Waals surface area contributed by atoms with Crippen LogP contribution in [0.1, 0.15) is 10.9 Å². The van der Waals surface area contributed by atoms with Gasteiger partial charge in [0.25, 0.3) is 0 Å². The van der Waals surface area contributed by atoms with E-state index in [1.54, 1.807) is 5.38 Å². The van der Waals surface area contributed by atoms with Crippen molar-refractivity contribution in [1.29, 1.82) is 0 Å². The number of rotatable bonds is 0. The van der Waals surface area contributed by atoms with Gasteiger partial charge in [-0.2, -0.15) is 0 Å². The van der Waals surface area contributed by atoms with Crippen molar-refractivity contribution in [2.45, 2.75) is 10.3 Å². The molecule has 16 heavy (non-hydrogen) atoms. The van der Waals surface area contributed by atoms with E-state index in [4.69, 9.17) is 23.2 Å². The van der Waals surface area contributed by atoms with Crippen LogP contribution in [0.4, 0.5) is 0 Å². The van der Waals surface area contributed by atoms with Gasteiger partial charge in [0.1, 0.15) is 11.5 Å². The number of halogens is 2. The van der Waals surface area contributed by atoms with Gasteiger partial charge in [0, 0.05) is 16.7 Å². The second-order valence-electron chi connectivity index (χ2n) is 3.51. The minimum atomic E-state index is -0.254. The summed E-state index contributed by atoms with van der Waals surface area (Å²) in [6.45, 7) is 0. The predicted molar refractivity (Wildman–Crippen MR) is 69.5 cm³/mol. The second-order valence-corrected chi connectivity index (χ2v) is 6.35. The molecule has 6 heteroatoms. The molecule has 0 amide bonds. The van der Waals surface area contributed by atoms with Gasteiger partial charge in [-0.15, -0.1) is 34.7 Å². The van der Waals surface area contributed by atoms with E-state index in [0.717, 1.165) is 0 Å². The zero-order valence-corrected chi connectivity index (χ0v) is 11.0. The van der Waals surface area contributed by atoms with E-state index in [-0.39, 0.29) is 16.9 Å². The number of hydrogen-bond acceptors (Lipinski definition) is 4. The van der Waals surface area contributed by atoms with Gasteiger partial charge in [-0.3, -0.25) is 0 Å². The second kappa shape index (κ2) is 3.60. The molecule has 1 unspecified atom stereocenters. The van der Waals surface area contributed by atoms with Gasteiger partial charge >= 0.3 is 0 Å². The first-order valence-corrected chi connectivity index (χ1v) is 7.20. The Morgan fingerprint density at radius 3 is 2.81 bits per heavy atom. The molecule has 0 aliphatic carbocycles. The summed E-state index contributed by atoms with van der Waals surface area (Å²) in [4.78, 5) is 0.658. The lowest BCUT2D eigenvalue weighted by Crippen LogP contribution is -1.87. The van der Waals surface area contributed by atoms with Crippen LogP contribution >= 0.6 is 46.3 Å². The van der Waals surface area contributed by atoms with Crippen molar-refractivity contribution < 1.29 is 10.2 Å². The number of hydrogen-bond donors (Lipinski definition) is 2. The molecule has 2 heterocycles. The Kier molecular flexibility index (Phi) is 2.44. The normalized spacial score (nSPS) is 19.2. The molecular formula is C10H6Cl2O2S2. The molecule has 0 fully saturated rings. The van der Waals surface area contributed by atoms with Gasteiger partial charge in [-0.05, 0) is 0 Å². The highest BCUT2D eigenvalue weighted by Crippen LogP contribution is 2.56. The van der Waals surface area contributed by atoms with E-state index in [0.29, 0.717) is 31.3 Å². The Bertz CT molecular complexity index is 594. The summed E-state index contributed by atoms with van der Waals surface area (Å²) in [7, 11) is 0. The lowest BCUT2D eigenvalue weighted by molar-refractivity contribution is 0.454. The van der Waals surface area contributed by atoms with Gasteiger partial charge in [0.15, 0.2) is 0 Å². The molecule has 1 atom stereocenters. The third-order valence-corrected chi connectivity index (χ3v) is 5.77. The molecular weight excluding hydrogens is 287 g/mol. The van der Waals surface area contributed by atoms with Gasteiger partial charge in [-0.1, -0.05) is 11.6 Å². The zero-order valence-electron chi connectivity index (χ0n) is 7.83. The molecule has 84 valence electrons. The quantitative estimate of drug-likeness (QED) is 0.560. The van der Waals surface area contributed by atoms with E-state index in [9.17, 15) is 10.2 Å². The molecule has 3 rings (SSSR count). The summed E-state index contributed by atoms with van der Waals surface area (Å²) in [6, 6.07) is 0. The molecule has 0 spiro atoms. The van der Waals surface area contributed by atoms with Gasteiger partial charge in [-0.25, -0.2) is 0 Å². The molecule has 1 aromatic heterocycles.